The molecule has 0 atom stereocenters. The SMILES string of the molecule is CC(C)c1nc(-c2cccnc2)cnc1NN. The Kier molecular flexibility index (Phi) is 3.30. The molecule has 0 bridgehead atoms. The smallest absolute Gasteiger partial charge is 0.162 e. The molecule has 2 heterocycles. The van der Waals surface area contributed by atoms with Gasteiger partial charge in [0.15, 0.2) is 5.82 Å². The average molecular weight is 229 g/mol. The summed E-state index contributed by atoms with van der Waals surface area (Å²) in [7, 11) is 0. The molecule has 0 radical (unpaired) electrons. The monoisotopic (exact) mass is 229 g/mol. The number of nitrogens with one attached hydrogen (secondary N) is 1. The molecule has 2 rings (SSSR count). The fourth-order valence-corrected chi connectivity index (χ4v) is 1.57. The van der Waals surface area contributed by atoms with E-state index in [1.165, 1.54) is 0 Å². The standard InChI is InChI=1S/C12H15N5/c1-8(2)11-12(17-13)15-7-10(16-11)9-4-3-5-14-6-9/h3-8H,13H2,1-2H3,(H,15,17). The van der Waals surface area contributed by atoms with Gasteiger partial charge in [-0.1, -0.05) is 13.8 Å². The number of aromatic nitrogens is 3. The predicted molar refractivity (Wildman–Crippen MR) is 67.2 cm³/mol. The minimum Gasteiger partial charge on any atom is -0.307 e. The van der Waals surface area contributed by atoms with E-state index in [2.05, 4.69) is 34.2 Å². The van der Waals surface area contributed by atoms with Gasteiger partial charge in [0.05, 0.1) is 17.6 Å². The first-order valence-corrected chi connectivity index (χ1v) is 5.46. The van der Waals surface area contributed by atoms with E-state index in [0.717, 1.165) is 17.0 Å². The van der Waals surface area contributed by atoms with Gasteiger partial charge in [0.2, 0.25) is 0 Å². The van der Waals surface area contributed by atoms with E-state index >= 15 is 0 Å². The maximum absolute atomic E-state index is 5.41. The van der Waals surface area contributed by atoms with Crippen LogP contribution in [0.5, 0.6) is 0 Å². The van der Waals surface area contributed by atoms with Crippen molar-refractivity contribution in [2.75, 3.05) is 5.43 Å². The highest BCUT2D eigenvalue weighted by molar-refractivity contribution is 5.58. The average Bonchev–Trinajstić information content (AvgIpc) is 2.39. The van der Waals surface area contributed by atoms with E-state index in [1.54, 1.807) is 18.6 Å². The maximum atomic E-state index is 5.41. The van der Waals surface area contributed by atoms with Crippen molar-refractivity contribution in [3.05, 3.63) is 36.4 Å². The van der Waals surface area contributed by atoms with Gasteiger partial charge >= 0.3 is 0 Å². The number of hydrogen-bond donors (Lipinski definition) is 2. The molecule has 0 saturated carbocycles. The summed E-state index contributed by atoms with van der Waals surface area (Å²) in [5.74, 6) is 6.29. The summed E-state index contributed by atoms with van der Waals surface area (Å²) < 4.78 is 0. The van der Waals surface area contributed by atoms with Crippen LogP contribution in [0.4, 0.5) is 5.82 Å². The van der Waals surface area contributed by atoms with Crippen LogP contribution in [-0.4, -0.2) is 15.0 Å². The number of hydrazine groups is 1. The molecule has 0 aromatic carbocycles. The van der Waals surface area contributed by atoms with Crippen LogP contribution < -0.4 is 11.3 Å². The minimum absolute atomic E-state index is 0.255. The Hall–Kier alpha value is -2.01. The van der Waals surface area contributed by atoms with Gasteiger partial charge in [-0.15, -0.1) is 0 Å². The first kappa shape index (κ1) is 11.5. The lowest BCUT2D eigenvalue weighted by Crippen LogP contribution is -2.13. The summed E-state index contributed by atoms with van der Waals surface area (Å²) >= 11 is 0. The topological polar surface area (TPSA) is 76.7 Å². The summed E-state index contributed by atoms with van der Waals surface area (Å²) in [5.41, 5.74) is 5.18. The zero-order valence-electron chi connectivity index (χ0n) is 9.88. The molecule has 2 aromatic rings. The molecule has 0 amide bonds. The largest absolute Gasteiger partial charge is 0.307 e. The quantitative estimate of drug-likeness (QED) is 0.621. The van der Waals surface area contributed by atoms with Gasteiger partial charge in [0.25, 0.3) is 0 Å². The molecule has 0 fully saturated rings. The van der Waals surface area contributed by atoms with Crippen molar-refractivity contribution >= 4 is 5.82 Å². The zero-order chi connectivity index (χ0) is 12.3. The van der Waals surface area contributed by atoms with Crippen LogP contribution in [0.3, 0.4) is 0 Å². The van der Waals surface area contributed by atoms with Crippen molar-refractivity contribution in [3.63, 3.8) is 0 Å². The molecule has 2 aromatic heterocycles. The number of rotatable bonds is 3. The van der Waals surface area contributed by atoms with E-state index in [1.807, 2.05) is 12.1 Å². The van der Waals surface area contributed by atoms with E-state index in [9.17, 15) is 0 Å². The maximum Gasteiger partial charge on any atom is 0.162 e. The highest BCUT2D eigenvalue weighted by Gasteiger charge is 2.11. The lowest BCUT2D eigenvalue weighted by atomic mass is 10.1. The van der Waals surface area contributed by atoms with E-state index in [4.69, 9.17) is 5.84 Å². The van der Waals surface area contributed by atoms with Gasteiger partial charge in [-0.3, -0.25) is 4.98 Å². The van der Waals surface area contributed by atoms with Crippen molar-refractivity contribution in [1.29, 1.82) is 0 Å². The molecule has 0 aliphatic heterocycles. The third-order valence-corrected chi connectivity index (χ3v) is 2.44. The lowest BCUT2D eigenvalue weighted by molar-refractivity contribution is 0.815. The molecule has 88 valence electrons. The first-order valence-electron chi connectivity index (χ1n) is 5.46. The summed E-state index contributed by atoms with van der Waals surface area (Å²) in [6.07, 6.45) is 5.19. The fourth-order valence-electron chi connectivity index (χ4n) is 1.57. The number of nitrogens with zero attached hydrogens (tertiary/aromatic N) is 3. The fraction of sp³-hybridized carbons (Fsp3) is 0.250. The van der Waals surface area contributed by atoms with Gasteiger partial charge < -0.3 is 5.43 Å². The second-order valence-corrected chi connectivity index (χ2v) is 4.03. The molecule has 0 unspecified atom stereocenters. The Morgan fingerprint density at radius 2 is 2.12 bits per heavy atom. The highest BCUT2D eigenvalue weighted by atomic mass is 15.3. The Morgan fingerprint density at radius 3 is 2.71 bits per heavy atom. The van der Waals surface area contributed by atoms with Gasteiger partial charge in [0, 0.05) is 18.0 Å². The summed E-state index contributed by atoms with van der Waals surface area (Å²) in [6, 6.07) is 3.83. The van der Waals surface area contributed by atoms with Crippen LogP contribution in [0.25, 0.3) is 11.3 Å². The van der Waals surface area contributed by atoms with E-state index in [0.29, 0.717) is 5.82 Å². The summed E-state index contributed by atoms with van der Waals surface area (Å²) in [5, 5.41) is 0. The lowest BCUT2D eigenvalue weighted by Gasteiger charge is -2.11. The molecule has 0 aliphatic rings. The van der Waals surface area contributed by atoms with Gasteiger partial charge in [-0.25, -0.2) is 15.8 Å². The Labute approximate surface area is 100 Å². The van der Waals surface area contributed by atoms with Crippen molar-refractivity contribution in [1.82, 2.24) is 15.0 Å². The molecular formula is C12H15N5. The Bertz CT molecular complexity index is 496. The minimum atomic E-state index is 0.255. The second-order valence-electron chi connectivity index (χ2n) is 4.03. The van der Waals surface area contributed by atoms with Gasteiger partial charge in [0.1, 0.15) is 0 Å². The summed E-state index contributed by atoms with van der Waals surface area (Å²) in [6.45, 7) is 4.11. The Balaban J connectivity index is 2.48. The van der Waals surface area contributed by atoms with Crippen LogP contribution in [-0.2, 0) is 0 Å². The van der Waals surface area contributed by atoms with Crippen molar-refractivity contribution in [2.24, 2.45) is 5.84 Å². The van der Waals surface area contributed by atoms with Crippen LogP contribution in [0.1, 0.15) is 25.5 Å². The van der Waals surface area contributed by atoms with Crippen LogP contribution >= 0.6 is 0 Å². The first-order chi connectivity index (χ1) is 8.22. The zero-order valence-corrected chi connectivity index (χ0v) is 9.88. The van der Waals surface area contributed by atoms with Crippen LogP contribution in [0.2, 0.25) is 0 Å². The number of nitrogens with two attached hydrogens (primary N) is 1. The van der Waals surface area contributed by atoms with Crippen molar-refractivity contribution in [2.45, 2.75) is 19.8 Å². The van der Waals surface area contributed by atoms with Crippen LogP contribution in [0, 0.1) is 0 Å². The second kappa shape index (κ2) is 4.88. The predicted octanol–water partition coefficient (Wildman–Crippen LogP) is 1.95. The normalized spacial score (nSPS) is 10.6. The van der Waals surface area contributed by atoms with Gasteiger partial charge in [-0.2, -0.15) is 0 Å². The number of pyridine rings is 1. The molecule has 0 spiro atoms. The molecule has 5 heteroatoms. The van der Waals surface area contributed by atoms with Gasteiger partial charge in [-0.05, 0) is 18.1 Å². The molecule has 0 saturated heterocycles. The van der Waals surface area contributed by atoms with Crippen molar-refractivity contribution in [3.8, 4) is 11.3 Å². The number of hydrogen-bond acceptors (Lipinski definition) is 5. The Morgan fingerprint density at radius 1 is 1.29 bits per heavy atom. The van der Waals surface area contributed by atoms with Crippen molar-refractivity contribution < 1.29 is 0 Å². The number of nitrogen functional groups attached to an aromatic ring is 1. The third-order valence-electron chi connectivity index (χ3n) is 2.44. The molecule has 3 N–H and O–H groups in total. The number of anilines is 1. The third kappa shape index (κ3) is 2.39. The van der Waals surface area contributed by atoms with E-state index in [-0.39, 0.29) is 5.92 Å². The highest BCUT2D eigenvalue weighted by Crippen LogP contribution is 2.23. The van der Waals surface area contributed by atoms with E-state index < -0.39 is 0 Å². The summed E-state index contributed by atoms with van der Waals surface area (Å²) in [4.78, 5) is 12.9. The molecule has 0 aliphatic carbocycles. The van der Waals surface area contributed by atoms with Crippen LogP contribution in [0.15, 0.2) is 30.7 Å². The molecule has 17 heavy (non-hydrogen) atoms. The molecule has 5 nitrogen and oxygen atoms in total. The molecular weight excluding hydrogens is 214 g/mol.